The van der Waals surface area contributed by atoms with Gasteiger partial charge in [0.05, 0.1) is 0 Å². The number of aryl methyl sites for hydroxylation is 1. The highest BCUT2D eigenvalue weighted by molar-refractivity contribution is 14.1. The number of ether oxygens (including phenoxy) is 1. The molecule has 8 heteroatoms. The van der Waals surface area contributed by atoms with E-state index >= 15 is 0 Å². The van der Waals surface area contributed by atoms with Crippen molar-refractivity contribution in [2.45, 2.75) is 6.92 Å². The fraction of sp³-hybridized carbons (Fsp3) is 0.133. The van der Waals surface area contributed by atoms with Gasteiger partial charge in [0, 0.05) is 11.5 Å². The van der Waals surface area contributed by atoms with Gasteiger partial charge < -0.3 is 9.15 Å². The van der Waals surface area contributed by atoms with Crippen molar-refractivity contribution in [1.82, 2.24) is 9.36 Å². The topological polar surface area (TPSA) is 77.2 Å². The zero-order valence-electron chi connectivity index (χ0n) is 12.1. The Labute approximate surface area is 150 Å². The van der Waals surface area contributed by atoms with Gasteiger partial charge in [-0.15, -0.1) is 0 Å². The Bertz CT molecular complexity index is 813. The van der Waals surface area contributed by atoms with E-state index in [1.165, 1.54) is 0 Å². The lowest BCUT2D eigenvalue weighted by molar-refractivity contribution is -0.118. The summed E-state index contributed by atoms with van der Waals surface area (Å²) in [6, 6.07) is 11.1. The molecule has 0 saturated heterocycles. The number of rotatable bonds is 5. The summed E-state index contributed by atoms with van der Waals surface area (Å²) >= 11 is 3.16. The minimum atomic E-state index is -0.290. The van der Waals surface area contributed by atoms with Crippen LogP contribution >= 0.6 is 34.1 Å². The summed E-state index contributed by atoms with van der Waals surface area (Å²) in [6.45, 7) is 1.90. The molecule has 0 atom stereocenters. The van der Waals surface area contributed by atoms with Crippen molar-refractivity contribution in [3.8, 4) is 17.3 Å². The smallest absolute Gasteiger partial charge is 0.264 e. The van der Waals surface area contributed by atoms with Gasteiger partial charge in [-0.25, -0.2) is 0 Å². The summed E-state index contributed by atoms with van der Waals surface area (Å²) in [5.74, 6) is 1.38. The summed E-state index contributed by atoms with van der Waals surface area (Å²) in [4.78, 5) is 16.1. The highest BCUT2D eigenvalue weighted by atomic mass is 127. The van der Waals surface area contributed by atoms with Crippen LogP contribution in [0.1, 0.15) is 5.56 Å². The lowest BCUT2D eigenvalue weighted by Crippen LogP contribution is -2.20. The van der Waals surface area contributed by atoms with Crippen LogP contribution in [0.4, 0.5) is 5.13 Å². The molecule has 0 bridgehead atoms. The molecular formula is C15H12IN3O3S. The zero-order valence-corrected chi connectivity index (χ0v) is 15.1. The fourth-order valence-corrected chi connectivity index (χ4v) is 2.76. The van der Waals surface area contributed by atoms with Gasteiger partial charge in [-0.05, 0) is 53.8 Å². The maximum Gasteiger partial charge on any atom is 0.264 e. The van der Waals surface area contributed by atoms with Gasteiger partial charge >= 0.3 is 0 Å². The molecule has 2 aromatic heterocycles. The highest BCUT2D eigenvalue weighted by Gasteiger charge is 2.12. The summed E-state index contributed by atoms with van der Waals surface area (Å²) in [5.41, 5.74) is 1.13. The molecule has 0 fully saturated rings. The molecule has 0 aliphatic carbocycles. The fourth-order valence-electron chi connectivity index (χ4n) is 1.75. The molecule has 2 heterocycles. The Morgan fingerprint density at radius 2 is 2.09 bits per heavy atom. The monoisotopic (exact) mass is 441 g/mol. The number of furan rings is 1. The van der Waals surface area contributed by atoms with E-state index in [1.807, 2.05) is 37.3 Å². The summed E-state index contributed by atoms with van der Waals surface area (Å²) < 4.78 is 15.8. The molecule has 0 aliphatic heterocycles. The van der Waals surface area contributed by atoms with E-state index in [0.717, 1.165) is 20.9 Å². The number of hydrogen-bond donors (Lipinski definition) is 1. The van der Waals surface area contributed by atoms with Gasteiger partial charge in [0.2, 0.25) is 11.0 Å². The lowest BCUT2D eigenvalue weighted by atomic mass is 10.2. The van der Waals surface area contributed by atoms with Crippen molar-refractivity contribution in [2.24, 2.45) is 0 Å². The number of halogens is 1. The molecule has 1 N–H and O–H groups in total. The Morgan fingerprint density at radius 1 is 1.30 bits per heavy atom. The van der Waals surface area contributed by atoms with Crippen molar-refractivity contribution >= 4 is 45.2 Å². The molecule has 118 valence electrons. The molecule has 0 radical (unpaired) electrons. The number of carbonyl (C=O) groups excluding carboxylic acids is 1. The van der Waals surface area contributed by atoms with Crippen LogP contribution in [0.5, 0.6) is 5.75 Å². The number of amides is 1. The van der Waals surface area contributed by atoms with Crippen molar-refractivity contribution in [3.63, 3.8) is 0 Å². The first kappa shape index (κ1) is 15.9. The van der Waals surface area contributed by atoms with Crippen LogP contribution in [0.15, 0.2) is 40.8 Å². The molecule has 23 heavy (non-hydrogen) atoms. The van der Waals surface area contributed by atoms with Crippen LogP contribution < -0.4 is 10.1 Å². The standard InChI is InChI=1S/C15H12IN3O3S/c1-9-2-4-10(5-3-9)21-8-13(20)17-15-18-14(19-23-15)11-6-7-12(16)22-11/h2-7H,8H2,1H3,(H,17,18,19,20). The van der Waals surface area contributed by atoms with E-state index in [4.69, 9.17) is 9.15 Å². The molecule has 3 aromatic rings. The van der Waals surface area contributed by atoms with E-state index in [-0.39, 0.29) is 12.5 Å². The van der Waals surface area contributed by atoms with Gasteiger partial charge in [-0.1, -0.05) is 17.7 Å². The predicted octanol–water partition coefficient (Wildman–Crippen LogP) is 3.73. The number of hydrogen-bond acceptors (Lipinski definition) is 6. The number of anilines is 1. The zero-order chi connectivity index (χ0) is 16.2. The van der Waals surface area contributed by atoms with E-state index < -0.39 is 0 Å². The third-order valence-electron chi connectivity index (χ3n) is 2.86. The Morgan fingerprint density at radius 3 is 2.78 bits per heavy atom. The Kier molecular flexibility index (Phi) is 4.91. The van der Waals surface area contributed by atoms with Gasteiger partial charge in [0.25, 0.3) is 5.91 Å². The molecule has 1 aromatic carbocycles. The van der Waals surface area contributed by atoms with E-state index in [2.05, 4.69) is 37.3 Å². The first-order valence-electron chi connectivity index (χ1n) is 6.69. The second-order valence-corrected chi connectivity index (χ2v) is 6.49. The quantitative estimate of drug-likeness (QED) is 0.611. The first-order valence-corrected chi connectivity index (χ1v) is 8.54. The summed E-state index contributed by atoms with van der Waals surface area (Å²) in [5, 5.41) is 3.06. The Balaban J connectivity index is 1.56. The van der Waals surface area contributed by atoms with Crippen molar-refractivity contribution in [1.29, 1.82) is 0 Å². The molecule has 0 saturated carbocycles. The van der Waals surface area contributed by atoms with Crippen LogP contribution in [0.25, 0.3) is 11.6 Å². The maximum atomic E-state index is 11.9. The molecule has 0 spiro atoms. The second kappa shape index (κ2) is 7.09. The van der Waals surface area contributed by atoms with Crippen molar-refractivity contribution < 1.29 is 13.9 Å². The van der Waals surface area contributed by atoms with E-state index in [1.54, 1.807) is 6.07 Å². The summed E-state index contributed by atoms with van der Waals surface area (Å²) in [6.07, 6.45) is 0. The number of nitrogens with zero attached hydrogens (tertiary/aromatic N) is 2. The largest absolute Gasteiger partial charge is 0.484 e. The molecule has 0 unspecified atom stereocenters. The predicted molar refractivity (Wildman–Crippen MR) is 95.6 cm³/mol. The minimum Gasteiger partial charge on any atom is -0.484 e. The number of nitrogens with one attached hydrogen (secondary N) is 1. The van der Waals surface area contributed by atoms with Gasteiger partial charge in [0.15, 0.2) is 16.1 Å². The van der Waals surface area contributed by atoms with Crippen LogP contribution in [0.2, 0.25) is 0 Å². The number of carbonyl (C=O) groups is 1. The second-order valence-electron chi connectivity index (χ2n) is 4.68. The molecule has 6 nitrogen and oxygen atoms in total. The molecule has 0 aliphatic rings. The van der Waals surface area contributed by atoms with Crippen LogP contribution in [-0.4, -0.2) is 21.9 Å². The lowest BCUT2D eigenvalue weighted by Gasteiger charge is -2.05. The highest BCUT2D eigenvalue weighted by Crippen LogP contribution is 2.23. The first-order chi connectivity index (χ1) is 11.1. The Hall–Kier alpha value is -1.94. The van der Waals surface area contributed by atoms with Crippen molar-refractivity contribution in [3.05, 3.63) is 45.7 Å². The normalized spacial score (nSPS) is 10.5. The van der Waals surface area contributed by atoms with Crippen LogP contribution in [-0.2, 0) is 4.79 Å². The van der Waals surface area contributed by atoms with Gasteiger partial charge in [-0.3, -0.25) is 10.1 Å². The minimum absolute atomic E-state index is 0.0867. The average molecular weight is 441 g/mol. The molecule has 3 rings (SSSR count). The average Bonchev–Trinajstić information content (AvgIpc) is 3.16. The maximum absolute atomic E-state index is 11.9. The third-order valence-corrected chi connectivity index (χ3v) is 4.07. The number of aromatic nitrogens is 2. The van der Waals surface area contributed by atoms with Crippen LogP contribution in [0, 0.1) is 10.7 Å². The van der Waals surface area contributed by atoms with Gasteiger partial charge in [-0.2, -0.15) is 9.36 Å². The van der Waals surface area contributed by atoms with E-state index in [9.17, 15) is 4.79 Å². The number of benzene rings is 1. The van der Waals surface area contributed by atoms with Crippen molar-refractivity contribution in [2.75, 3.05) is 11.9 Å². The third kappa shape index (κ3) is 4.29. The van der Waals surface area contributed by atoms with E-state index in [0.29, 0.717) is 22.5 Å². The molecule has 1 amide bonds. The SMILES string of the molecule is Cc1ccc(OCC(=O)Nc2nc(-c3ccc(I)o3)ns2)cc1. The van der Waals surface area contributed by atoms with Gasteiger partial charge in [0.1, 0.15) is 5.75 Å². The van der Waals surface area contributed by atoms with Crippen LogP contribution in [0.3, 0.4) is 0 Å². The summed E-state index contributed by atoms with van der Waals surface area (Å²) in [7, 11) is 0. The molecular weight excluding hydrogens is 429 g/mol.